The van der Waals surface area contributed by atoms with Gasteiger partial charge in [-0.25, -0.2) is 9.59 Å². The summed E-state index contributed by atoms with van der Waals surface area (Å²) in [6.07, 6.45) is 6.61. The second kappa shape index (κ2) is 11.5. The van der Waals surface area contributed by atoms with E-state index in [-0.39, 0.29) is 5.91 Å². The zero-order valence-electron chi connectivity index (χ0n) is 17.2. The molecule has 0 aliphatic heterocycles. The minimum Gasteiger partial charge on any atom is -0.494 e. The van der Waals surface area contributed by atoms with E-state index in [1.54, 1.807) is 7.11 Å². The second-order valence-corrected chi connectivity index (χ2v) is 8.15. The van der Waals surface area contributed by atoms with E-state index in [2.05, 4.69) is 17.3 Å². The number of ether oxygens (including phenoxy) is 1. The highest BCUT2D eigenvalue weighted by molar-refractivity contribution is 7.21. The molecule has 0 saturated heterocycles. The van der Waals surface area contributed by atoms with Crippen LogP contribution in [0.25, 0.3) is 10.1 Å². The molecule has 1 aromatic carbocycles. The first-order valence-corrected chi connectivity index (χ1v) is 10.7. The molecule has 1 saturated carbocycles. The Morgan fingerprint density at radius 1 is 1.13 bits per heavy atom. The predicted molar refractivity (Wildman–Crippen MR) is 115 cm³/mol. The van der Waals surface area contributed by atoms with Crippen molar-refractivity contribution in [3.05, 3.63) is 29.1 Å². The van der Waals surface area contributed by atoms with Gasteiger partial charge in [0.2, 0.25) is 0 Å². The summed E-state index contributed by atoms with van der Waals surface area (Å²) in [5.74, 6) is -3.00. The summed E-state index contributed by atoms with van der Waals surface area (Å²) in [6, 6.07) is 8.65. The van der Waals surface area contributed by atoms with Crippen molar-refractivity contribution in [1.29, 1.82) is 0 Å². The molecule has 3 rings (SSSR count). The summed E-state index contributed by atoms with van der Waals surface area (Å²) < 4.78 is 6.56. The molecule has 0 radical (unpaired) electrons. The van der Waals surface area contributed by atoms with Crippen LogP contribution in [0.4, 0.5) is 0 Å². The van der Waals surface area contributed by atoms with Gasteiger partial charge in [0.05, 0.1) is 7.11 Å². The quantitative estimate of drug-likeness (QED) is 0.596. The Labute approximate surface area is 179 Å². The van der Waals surface area contributed by atoms with Gasteiger partial charge in [-0.2, -0.15) is 0 Å². The lowest BCUT2D eigenvalue weighted by Gasteiger charge is -2.31. The van der Waals surface area contributed by atoms with Crippen LogP contribution in [0.15, 0.2) is 24.3 Å². The molecule has 3 N–H and O–H groups in total. The molecule has 1 heterocycles. The average molecular weight is 437 g/mol. The maximum Gasteiger partial charge on any atom is 0.414 e. The first kappa shape index (κ1) is 23.6. The van der Waals surface area contributed by atoms with E-state index >= 15 is 0 Å². The molecule has 0 unspecified atom stereocenters. The molecule has 1 aliphatic carbocycles. The first-order valence-electron chi connectivity index (χ1n) is 9.85. The summed E-state index contributed by atoms with van der Waals surface area (Å²) in [5.41, 5.74) is 0. The van der Waals surface area contributed by atoms with E-state index in [9.17, 15) is 4.79 Å². The number of rotatable bonds is 6. The number of likely N-dealkylation sites (N-methyl/N-ethyl adjacent to an activating group) is 1. The lowest BCUT2D eigenvalue weighted by Crippen LogP contribution is -2.39. The molecular weight excluding hydrogens is 408 g/mol. The highest BCUT2D eigenvalue weighted by Gasteiger charge is 2.20. The van der Waals surface area contributed by atoms with E-state index in [4.69, 9.17) is 24.5 Å². The van der Waals surface area contributed by atoms with Gasteiger partial charge in [0.25, 0.3) is 5.91 Å². The smallest absolute Gasteiger partial charge is 0.414 e. The van der Waals surface area contributed by atoms with Crippen molar-refractivity contribution in [2.75, 3.05) is 27.2 Å². The van der Waals surface area contributed by atoms with E-state index in [1.165, 1.54) is 43.4 Å². The number of amides is 1. The molecule has 9 heteroatoms. The number of thiophene rings is 1. The molecule has 1 fully saturated rings. The minimum absolute atomic E-state index is 0.0369. The average Bonchev–Trinajstić information content (AvgIpc) is 3.13. The number of carboxylic acid groups (broad SMARTS) is 2. The van der Waals surface area contributed by atoms with Crippen molar-refractivity contribution in [3.63, 3.8) is 0 Å². The maximum atomic E-state index is 12.6. The zero-order chi connectivity index (χ0) is 22.1. The van der Waals surface area contributed by atoms with Crippen LogP contribution in [-0.4, -0.2) is 66.2 Å². The van der Waals surface area contributed by atoms with Gasteiger partial charge in [-0.05, 0) is 32.0 Å². The Morgan fingerprint density at radius 2 is 1.77 bits per heavy atom. The van der Waals surface area contributed by atoms with Gasteiger partial charge in [-0.3, -0.25) is 4.79 Å². The van der Waals surface area contributed by atoms with Crippen LogP contribution in [0.5, 0.6) is 5.75 Å². The summed E-state index contributed by atoms with van der Waals surface area (Å²) in [7, 11) is 3.80. The standard InChI is InChI=1S/C19H26N2O2S.C2H2O4/c1-21(14-8-4-3-5-9-14)13-12-20-19(22)18-17(23-2)15-10-6-7-11-16(15)24-18;3-1(4)2(5)6/h6-7,10-11,14H,3-5,8-9,12-13H2,1-2H3,(H,20,22);(H,3,4)(H,5,6). The highest BCUT2D eigenvalue weighted by Crippen LogP contribution is 2.37. The number of hydrogen-bond donors (Lipinski definition) is 3. The van der Waals surface area contributed by atoms with E-state index < -0.39 is 11.9 Å². The number of fused-ring (bicyclic) bond motifs is 1. The van der Waals surface area contributed by atoms with Gasteiger partial charge in [0, 0.05) is 29.2 Å². The topological polar surface area (TPSA) is 116 Å². The van der Waals surface area contributed by atoms with Crippen molar-refractivity contribution in [1.82, 2.24) is 10.2 Å². The number of aliphatic carboxylic acids is 2. The van der Waals surface area contributed by atoms with Gasteiger partial charge in [-0.15, -0.1) is 11.3 Å². The van der Waals surface area contributed by atoms with Crippen LogP contribution in [0, 0.1) is 0 Å². The molecule has 0 spiro atoms. The normalized spacial score (nSPS) is 14.1. The van der Waals surface area contributed by atoms with Gasteiger partial charge in [-0.1, -0.05) is 31.4 Å². The fraction of sp³-hybridized carbons (Fsp3) is 0.476. The highest BCUT2D eigenvalue weighted by atomic mass is 32.1. The third kappa shape index (κ3) is 6.43. The van der Waals surface area contributed by atoms with Crippen LogP contribution in [0.1, 0.15) is 41.8 Å². The van der Waals surface area contributed by atoms with Crippen LogP contribution in [0.3, 0.4) is 0 Å². The number of nitrogens with one attached hydrogen (secondary N) is 1. The number of methoxy groups -OCH3 is 1. The number of nitrogens with zero attached hydrogens (tertiary/aromatic N) is 1. The number of hydrogen-bond acceptors (Lipinski definition) is 6. The number of carbonyl (C=O) groups excluding carboxylic acids is 1. The second-order valence-electron chi connectivity index (χ2n) is 7.10. The summed E-state index contributed by atoms with van der Waals surface area (Å²) in [5, 5.41) is 18.8. The lowest BCUT2D eigenvalue weighted by molar-refractivity contribution is -0.159. The Morgan fingerprint density at radius 3 is 2.37 bits per heavy atom. The predicted octanol–water partition coefficient (Wildman–Crippen LogP) is 3.06. The zero-order valence-corrected chi connectivity index (χ0v) is 18.0. The Balaban J connectivity index is 0.000000469. The summed E-state index contributed by atoms with van der Waals surface area (Å²) in [6.45, 7) is 1.56. The molecular formula is C21H28N2O6S. The van der Waals surface area contributed by atoms with Crippen LogP contribution >= 0.6 is 11.3 Å². The number of carbonyl (C=O) groups is 3. The van der Waals surface area contributed by atoms with Gasteiger partial charge in [0.1, 0.15) is 10.6 Å². The summed E-state index contributed by atoms with van der Waals surface area (Å²) in [4.78, 5) is 33.8. The molecule has 30 heavy (non-hydrogen) atoms. The Kier molecular flexibility index (Phi) is 9.07. The van der Waals surface area contributed by atoms with Crippen molar-refractivity contribution in [2.24, 2.45) is 0 Å². The molecule has 1 aliphatic rings. The van der Waals surface area contributed by atoms with Crippen LogP contribution in [0.2, 0.25) is 0 Å². The van der Waals surface area contributed by atoms with Crippen LogP contribution < -0.4 is 10.1 Å². The van der Waals surface area contributed by atoms with Crippen molar-refractivity contribution >= 4 is 39.3 Å². The third-order valence-corrected chi connectivity index (χ3v) is 6.24. The third-order valence-electron chi connectivity index (χ3n) is 5.09. The molecule has 0 atom stereocenters. The van der Waals surface area contributed by atoms with E-state index in [1.807, 2.05) is 24.3 Å². The number of benzene rings is 1. The monoisotopic (exact) mass is 436 g/mol. The molecule has 0 bridgehead atoms. The van der Waals surface area contributed by atoms with Crippen molar-refractivity contribution in [3.8, 4) is 5.75 Å². The lowest BCUT2D eigenvalue weighted by atomic mass is 9.94. The fourth-order valence-corrected chi connectivity index (χ4v) is 4.59. The molecule has 1 aromatic heterocycles. The maximum absolute atomic E-state index is 12.6. The largest absolute Gasteiger partial charge is 0.494 e. The molecule has 164 valence electrons. The van der Waals surface area contributed by atoms with Crippen LogP contribution in [-0.2, 0) is 9.59 Å². The van der Waals surface area contributed by atoms with E-state index in [0.717, 1.165) is 16.6 Å². The summed E-state index contributed by atoms with van der Waals surface area (Å²) >= 11 is 1.49. The van der Waals surface area contributed by atoms with Gasteiger partial charge in [0.15, 0.2) is 0 Å². The van der Waals surface area contributed by atoms with Gasteiger partial charge < -0.3 is 25.2 Å². The van der Waals surface area contributed by atoms with Crippen molar-refractivity contribution < 1.29 is 29.3 Å². The SMILES string of the molecule is COc1c(C(=O)NCCN(C)C2CCCCC2)sc2ccccc12.O=C(O)C(=O)O. The number of carboxylic acids is 2. The Hall–Kier alpha value is -2.65. The Bertz CT molecular complexity index is 864. The molecule has 8 nitrogen and oxygen atoms in total. The fourth-order valence-electron chi connectivity index (χ4n) is 3.50. The molecule has 1 amide bonds. The first-order chi connectivity index (χ1) is 14.3. The van der Waals surface area contributed by atoms with Gasteiger partial charge >= 0.3 is 11.9 Å². The molecule has 2 aromatic rings. The minimum atomic E-state index is -1.82. The van der Waals surface area contributed by atoms with Crippen molar-refractivity contribution in [2.45, 2.75) is 38.1 Å². The van der Waals surface area contributed by atoms with E-state index in [0.29, 0.717) is 23.2 Å².